The smallest absolute Gasteiger partial charge is 0.272 e. The zero-order valence-corrected chi connectivity index (χ0v) is 13.6. The van der Waals surface area contributed by atoms with Crippen LogP contribution in [0.5, 0.6) is 0 Å². The number of halogens is 1. The first-order chi connectivity index (χ1) is 12.0. The summed E-state index contributed by atoms with van der Waals surface area (Å²) in [6, 6.07) is 5.72. The van der Waals surface area contributed by atoms with Gasteiger partial charge in [0.1, 0.15) is 11.5 Å². The number of tetrazole rings is 1. The van der Waals surface area contributed by atoms with E-state index in [1.54, 1.807) is 30.0 Å². The van der Waals surface area contributed by atoms with Crippen molar-refractivity contribution < 1.29 is 14.0 Å². The minimum Gasteiger partial charge on any atom is -0.369 e. The standard InChI is InChI=1S/C16H17FN6O2/c1-10-19-20-21-23(10)14(8-11-2-4-13(17)5-3-11)16(25)22-7-6-12(9-22)15(18)24/h2-5,8,12H,6-7,9H2,1H3,(H2,18,24)/b14-8-/t12-/m0/s1. The fourth-order valence-electron chi connectivity index (χ4n) is 2.72. The molecule has 0 spiro atoms. The number of aromatic nitrogens is 4. The maximum Gasteiger partial charge on any atom is 0.272 e. The van der Waals surface area contributed by atoms with Crippen LogP contribution in [0, 0.1) is 18.7 Å². The van der Waals surface area contributed by atoms with Crippen LogP contribution in [-0.2, 0) is 9.59 Å². The molecule has 0 aliphatic carbocycles. The van der Waals surface area contributed by atoms with Gasteiger partial charge in [-0.2, -0.15) is 4.68 Å². The summed E-state index contributed by atoms with van der Waals surface area (Å²) in [6.07, 6.45) is 2.11. The highest BCUT2D eigenvalue weighted by atomic mass is 19.1. The highest BCUT2D eigenvalue weighted by Gasteiger charge is 2.32. The molecule has 3 rings (SSSR count). The van der Waals surface area contributed by atoms with E-state index in [1.807, 2.05) is 0 Å². The van der Waals surface area contributed by atoms with Crippen LogP contribution in [0.1, 0.15) is 17.8 Å². The molecule has 1 saturated heterocycles. The van der Waals surface area contributed by atoms with Gasteiger partial charge >= 0.3 is 0 Å². The van der Waals surface area contributed by atoms with E-state index in [1.165, 1.54) is 16.8 Å². The zero-order valence-electron chi connectivity index (χ0n) is 13.6. The molecule has 1 aromatic heterocycles. The van der Waals surface area contributed by atoms with E-state index in [-0.39, 0.29) is 29.9 Å². The average molecular weight is 344 g/mol. The van der Waals surface area contributed by atoms with Crippen LogP contribution in [0.15, 0.2) is 24.3 Å². The van der Waals surface area contributed by atoms with E-state index in [0.717, 1.165) is 0 Å². The van der Waals surface area contributed by atoms with Gasteiger partial charge in [0.15, 0.2) is 5.82 Å². The molecule has 1 aliphatic heterocycles. The molecule has 8 nitrogen and oxygen atoms in total. The predicted molar refractivity (Wildman–Crippen MR) is 87.0 cm³/mol. The van der Waals surface area contributed by atoms with Gasteiger partial charge in [-0.15, -0.1) is 5.10 Å². The summed E-state index contributed by atoms with van der Waals surface area (Å²) >= 11 is 0. The van der Waals surface area contributed by atoms with E-state index >= 15 is 0 Å². The van der Waals surface area contributed by atoms with Crippen molar-refractivity contribution in [2.75, 3.05) is 13.1 Å². The van der Waals surface area contributed by atoms with Crippen molar-refractivity contribution in [3.63, 3.8) is 0 Å². The number of nitrogens with two attached hydrogens (primary N) is 1. The summed E-state index contributed by atoms with van der Waals surface area (Å²) in [6.45, 7) is 2.35. The van der Waals surface area contributed by atoms with Crippen LogP contribution in [0.2, 0.25) is 0 Å². The largest absolute Gasteiger partial charge is 0.369 e. The van der Waals surface area contributed by atoms with Gasteiger partial charge < -0.3 is 10.6 Å². The first kappa shape index (κ1) is 16.7. The number of amides is 2. The lowest BCUT2D eigenvalue weighted by molar-refractivity contribution is -0.125. The van der Waals surface area contributed by atoms with Gasteiger partial charge in [0.25, 0.3) is 5.91 Å². The molecule has 0 unspecified atom stereocenters. The van der Waals surface area contributed by atoms with E-state index in [4.69, 9.17) is 5.73 Å². The fourth-order valence-corrected chi connectivity index (χ4v) is 2.72. The van der Waals surface area contributed by atoms with E-state index in [0.29, 0.717) is 24.4 Å². The summed E-state index contributed by atoms with van der Waals surface area (Å²) in [5.74, 6) is -1.02. The van der Waals surface area contributed by atoms with Crippen molar-refractivity contribution in [2.24, 2.45) is 11.7 Å². The second-order valence-electron chi connectivity index (χ2n) is 5.86. The molecule has 1 aromatic carbocycles. The van der Waals surface area contributed by atoms with Gasteiger partial charge in [-0.3, -0.25) is 9.59 Å². The number of nitrogens with zero attached hydrogens (tertiary/aromatic N) is 5. The van der Waals surface area contributed by atoms with Crippen LogP contribution in [0.4, 0.5) is 4.39 Å². The lowest BCUT2D eigenvalue weighted by Crippen LogP contribution is -2.33. The number of aryl methyl sites for hydroxylation is 1. The molecule has 1 aliphatic rings. The maximum absolute atomic E-state index is 13.1. The molecule has 0 saturated carbocycles. The molecule has 2 aromatic rings. The molecular formula is C16H17FN6O2. The summed E-state index contributed by atoms with van der Waals surface area (Å²) in [5.41, 5.74) is 6.18. The van der Waals surface area contributed by atoms with Gasteiger partial charge in [-0.1, -0.05) is 12.1 Å². The van der Waals surface area contributed by atoms with Crippen molar-refractivity contribution in [3.05, 3.63) is 41.5 Å². The number of carbonyl (C=O) groups is 2. The van der Waals surface area contributed by atoms with E-state index in [9.17, 15) is 14.0 Å². The van der Waals surface area contributed by atoms with Crippen molar-refractivity contribution >= 4 is 23.6 Å². The Morgan fingerprint density at radius 3 is 2.60 bits per heavy atom. The summed E-state index contributed by atoms with van der Waals surface area (Å²) < 4.78 is 14.4. The Hall–Kier alpha value is -3.10. The quantitative estimate of drug-likeness (QED) is 0.811. The molecule has 1 atom stereocenters. The molecular weight excluding hydrogens is 327 g/mol. The molecule has 2 heterocycles. The Morgan fingerprint density at radius 1 is 1.32 bits per heavy atom. The zero-order chi connectivity index (χ0) is 18.0. The second-order valence-corrected chi connectivity index (χ2v) is 5.86. The highest BCUT2D eigenvalue weighted by Crippen LogP contribution is 2.21. The molecule has 130 valence electrons. The van der Waals surface area contributed by atoms with Gasteiger partial charge in [-0.25, -0.2) is 4.39 Å². The van der Waals surface area contributed by atoms with E-state index < -0.39 is 5.91 Å². The number of hydrogen-bond acceptors (Lipinski definition) is 5. The van der Waals surface area contributed by atoms with Crippen molar-refractivity contribution in [3.8, 4) is 0 Å². The van der Waals surface area contributed by atoms with Gasteiger partial charge in [-0.05, 0) is 47.5 Å². The molecule has 1 fully saturated rings. The van der Waals surface area contributed by atoms with Crippen LogP contribution in [-0.4, -0.2) is 50.0 Å². The second kappa shape index (κ2) is 6.80. The molecule has 25 heavy (non-hydrogen) atoms. The third-order valence-corrected chi connectivity index (χ3v) is 4.12. The topological polar surface area (TPSA) is 107 Å². The molecule has 0 bridgehead atoms. The van der Waals surface area contributed by atoms with Crippen LogP contribution in [0.25, 0.3) is 11.8 Å². The number of likely N-dealkylation sites (tertiary alicyclic amines) is 1. The van der Waals surface area contributed by atoms with Gasteiger partial charge in [0.2, 0.25) is 5.91 Å². The number of hydrogen-bond donors (Lipinski definition) is 1. The minimum absolute atomic E-state index is 0.222. The summed E-state index contributed by atoms with van der Waals surface area (Å²) in [7, 11) is 0. The van der Waals surface area contributed by atoms with Crippen molar-refractivity contribution in [1.82, 2.24) is 25.1 Å². The monoisotopic (exact) mass is 344 g/mol. The highest BCUT2D eigenvalue weighted by molar-refractivity contribution is 6.18. The van der Waals surface area contributed by atoms with Gasteiger partial charge in [0.05, 0.1) is 5.92 Å². The van der Waals surface area contributed by atoms with Crippen molar-refractivity contribution in [2.45, 2.75) is 13.3 Å². The number of rotatable bonds is 4. The minimum atomic E-state index is -0.419. The first-order valence-corrected chi connectivity index (χ1v) is 7.77. The molecule has 2 N–H and O–H groups in total. The lowest BCUT2D eigenvalue weighted by atomic mass is 10.1. The Kier molecular flexibility index (Phi) is 4.55. The number of benzene rings is 1. The third-order valence-electron chi connectivity index (χ3n) is 4.12. The molecule has 2 amide bonds. The normalized spacial score (nSPS) is 17.8. The van der Waals surface area contributed by atoms with E-state index in [2.05, 4.69) is 15.5 Å². The molecule has 9 heteroatoms. The van der Waals surface area contributed by atoms with Crippen LogP contribution < -0.4 is 5.73 Å². The lowest BCUT2D eigenvalue weighted by Gasteiger charge is -2.18. The SMILES string of the molecule is Cc1nnnn1/C(=C\c1ccc(F)cc1)C(=O)N1CC[C@H](C(N)=O)C1. The van der Waals surface area contributed by atoms with Gasteiger partial charge in [0, 0.05) is 13.1 Å². The summed E-state index contributed by atoms with van der Waals surface area (Å²) in [5, 5.41) is 11.2. The number of primary amides is 1. The number of carbonyl (C=O) groups excluding carboxylic acids is 2. The molecule has 0 radical (unpaired) electrons. The Labute approximate surface area is 143 Å². The first-order valence-electron chi connectivity index (χ1n) is 7.77. The van der Waals surface area contributed by atoms with Crippen LogP contribution >= 0.6 is 0 Å². The van der Waals surface area contributed by atoms with Crippen LogP contribution in [0.3, 0.4) is 0 Å². The van der Waals surface area contributed by atoms with Crippen molar-refractivity contribution in [1.29, 1.82) is 0 Å². The maximum atomic E-state index is 13.1. The Bertz CT molecular complexity index is 829. The Morgan fingerprint density at radius 2 is 2.04 bits per heavy atom. The fraction of sp³-hybridized carbons (Fsp3) is 0.312. The third kappa shape index (κ3) is 3.54. The summed E-state index contributed by atoms with van der Waals surface area (Å²) in [4.78, 5) is 25.8. The average Bonchev–Trinajstić information content (AvgIpc) is 3.23. The Balaban J connectivity index is 1.95. The predicted octanol–water partition coefficient (Wildman–Crippen LogP) is 0.453.